The van der Waals surface area contributed by atoms with Crippen molar-refractivity contribution in [1.82, 2.24) is 4.90 Å². The van der Waals surface area contributed by atoms with Gasteiger partial charge in [-0.3, -0.25) is 9.69 Å². The number of carbonyl (C=O) groups is 1. The summed E-state index contributed by atoms with van der Waals surface area (Å²) in [5.74, 6) is 6.28. The van der Waals surface area contributed by atoms with E-state index in [4.69, 9.17) is 0 Å². The highest BCUT2D eigenvalue weighted by Gasteiger charge is 2.64. The Hall–Kier alpha value is -0.370. The van der Waals surface area contributed by atoms with Crippen LogP contribution in [0, 0.1) is 46.3 Å². The van der Waals surface area contributed by atoms with Crippen molar-refractivity contribution in [2.45, 2.75) is 84.1 Å². The van der Waals surface area contributed by atoms with E-state index in [2.05, 4.69) is 18.7 Å². The second-order valence-corrected chi connectivity index (χ2v) is 11.7. The third kappa shape index (κ3) is 2.06. The summed E-state index contributed by atoms with van der Waals surface area (Å²) in [4.78, 5) is 16.1. The third-order valence-corrected chi connectivity index (χ3v) is 10.7. The molecule has 0 spiro atoms. The van der Waals surface area contributed by atoms with Crippen LogP contribution in [0.5, 0.6) is 0 Å². The zero-order chi connectivity index (χ0) is 17.7. The molecule has 26 heavy (non-hydrogen) atoms. The molecule has 6 rings (SSSR count). The molecule has 1 saturated heterocycles. The van der Waals surface area contributed by atoms with Crippen LogP contribution in [0.3, 0.4) is 0 Å². The summed E-state index contributed by atoms with van der Waals surface area (Å²) in [6, 6.07) is 0.274. The zero-order valence-corrected chi connectivity index (χ0v) is 16.9. The van der Waals surface area contributed by atoms with Crippen LogP contribution in [-0.4, -0.2) is 29.8 Å². The Bertz CT molecular complexity index is 624. The Balaban J connectivity index is 1.30. The predicted octanol–water partition coefficient (Wildman–Crippen LogP) is 4.92. The summed E-state index contributed by atoms with van der Waals surface area (Å²) in [7, 11) is 0. The fraction of sp³-hybridized carbons (Fsp3) is 0.958. The molecule has 0 aromatic heterocycles. The van der Waals surface area contributed by atoms with Gasteiger partial charge in [-0.25, -0.2) is 0 Å². The van der Waals surface area contributed by atoms with Crippen molar-refractivity contribution in [3.63, 3.8) is 0 Å². The number of ketones is 1. The van der Waals surface area contributed by atoms with Crippen molar-refractivity contribution in [1.29, 1.82) is 0 Å². The molecule has 6 aliphatic rings. The lowest BCUT2D eigenvalue weighted by atomic mass is 9.45. The number of hydrogen-bond donors (Lipinski definition) is 0. The molecule has 1 aliphatic heterocycles. The number of carbonyl (C=O) groups excluding carboxylic acids is 1. The lowest BCUT2D eigenvalue weighted by Gasteiger charge is -2.59. The first-order valence-electron chi connectivity index (χ1n) is 11.8. The van der Waals surface area contributed by atoms with Crippen molar-refractivity contribution in [3.05, 3.63) is 0 Å². The van der Waals surface area contributed by atoms with Gasteiger partial charge in [0.05, 0.1) is 6.04 Å². The van der Waals surface area contributed by atoms with Crippen molar-refractivity contribution in [2.75, 3.05) is 13.1 Å². The third-order valence-electron chi connectivity index (χ3n) is 10.7. The van der Waals surface area contributed by atoms with Gasteiger partial charge in [0.15, 0.2) is 5.78 Å². The maximum absolute atomic E-state index is 13.5. The van der Waals surface area contributed by atoms with E-state index in [-0.39, 0.29) is 11.5 Å². The first kappa shape index (κ1) is 16.6. The predicted molar refractivity (Wildman–Crippen MR) is 104 cm³/mol. The maximum atomic E-state index is 13.5. The minimum atomic E-state index is 0.00834. The molecule has 144 valence electrons. The highest BCUT2D eigenvalue weighted by atomic mass is 16.1. The number of Topliss-reactive ketones (excluding diaryl/α,β-unsaturated/α-hetero) is 1. The van der Waals surface area contributed by atoms with E-state index in [0.717, 1.165) is 29.6 Å². The van der Waals surface area contributed by atoms with Crippen LogP contribution < -0.4 is 0 Å². The highest BCUT2D eigenvalue weighted by Crippen LogP contribution is 2.69. The van der Waals surface area contributed by atoms with Crippen molar-refractivity contribution in [3.8, 4) is 0 Å². The van der Waals surface area contributed by atoms with Gasteiger partial charge in [-0.15, -0.1) is 0 Å². The summed E-state index contributed by atoms with van der Waals surface area (Å²) < 4.78 is 0. The van der Waals surface area contributed by atoms with Gasteiger partial charge in [0.1, 0.15) is 0 Å². The highest BCUT2D eigenvalue weighted by molar-refractivity contribution is 5.92. The molecule has 2 nitrogen and oxygen atoms in total. The molecule has 0 radical (unpaired) electrons. The molecule has 0 bridgehead atoms. The number of fused-ring (bicyclic) bond motifs is 6. The molecular weight excluding hydrogens is 318 g/mol. The molecule has 2 heteroatoms. The second kappa shape index (κ2) is 5.37. The fourth-order valence-corrected chi connectivity index (χ4v) is 9.18. The first-order valence-corrected chi connectivity index (χ1v) is 11.8. The minimum absolute atomic E-state index is 0.00834. The summed E-state index contributed by atoms with van der Waals surface area (Å²) in [6.45, 7) is 7.41. The Morgan fingerprint density at radius 3 is 2.54 bits per heavy atom. The average Bonchev–Trinajstić information content (AvgIpc) is 3.02. The number of hydrogen-bond acceptors (Lipinski definition) is 2. The van der Waals surface area contributed by atoms with Gasteiger partial charge in [-0.2, -0.15) is 0 Å². The van der Waals surface area contributed by atoms with Gasteiger partial charge in [0.25, 0.3) is 0 Å². The van der Waals surface area contributed by atoms with E-state index in [9.17, 15) is 4.79 Å². The van der Waals surface area contributed by atoms with E-state index in [1.807, 2.05) is 0 Å². The van der Waals surface area contributed by atoms with Gasteiger partial charge in [0.2, 0.25) is 0 Å². The standard InChI is InChI=1S/C24H37NO/c1-23-8-7-19-18(6-5-17-12-15-11-16(15)14-24(17,19)2)20(23)13-21(22(23)26)25-9-3-4-10-25/h15-21H,3-14H2,1-2H3/t15-,16+,17?,18?,19?,20?,21?,23-,24-/m0/s1. The van der Waals surface area contributed by atoms with E-state index in [1.54, 1.807) is 12.8 Å². The SMILES string of the molecule is C[C@]12C[C@H]3C[C@H]3CC1CCC1C2CC[C@]2(C)C(=O)C(N3CCCC3)CC12. The van der Waals surface area contributed by atoms with Gasteiger partial charge >= 0.3 is 0 Å². The monoisotopic (exact) mass is 355 g/mol. The molecule has 6 fully saturated rings. The number of rotatable bonds is 1. The summed E-state index contributed by atoms with van der Waals surface area (Å²) in [5, 5.41) is 0. The van der Waals surface area contributed by atoms with Crippen LogP contribution in [0.4, 0.5) is 0 Å². The van der Waals surface area contributed by atoms with Gasteiger partial charge in [-0.05, 0) is 118 Å². The van der Waals surface area contributed by atoms with Crippen molar-refractivity contribution >= 4 is 5.78 Å². The lowest BCUT2D eigenvalue weighted by molar-refractivity contribution is -0.140. The summed E-state index contributed by atoms with van der Waals surface area (Å²) in [5.41, 5.74) is 0.616. The summed E-state index contributed by atoms with van der Waals surface area (Å²) in [6.07, 6.45) is 13.9. The Kier molecular flexibility index (Phi) is 3.42. The van der Waals surface area contributed by atoms with Crippen LogP contribution in [0.2, 0.25) is 0 Å². The quantitative estimate of drug-likeness (QED) is 0.665. The average molecular weight is 356 g/mol. The van der Waals surface area contributed by atoms with E-state index in [1.165, 1.54) is 64.5 Å². The van der Waals surface area contributed by atoms with Crippen molar-refractivity contribution in [2.24, 2.45) is 46.3 Å². The summed E-state index contributed by atoms with van der Waals surface area (Å²) >= 11 is 0. The smallest absolute Gasteiger partial charge is 0.156 e. The Morgan fingerprint density at radius 2 is 1.73 bits per heavy atom. The van der Waals surface area contributed by atoms with Crippen LogP contribution in [-0.2, 0) is 4.79 Å². The molecule has 0 aromatic rings. The molecule has 5 aliphatic carbocycles. The maximum Gasteiger partial charge on any atom is 0.156 e. The van der Waals surface area contributed by atoms with Crippen molar-refractivity contribution < 1.29 is 4.79 Å². The minimum Gasteiger partial charge on any atom is -0.297 e. The molecular formula is C24H37NO. The molecule has 0 amide bonds. The number of nitrogens with zero attached hydrogens (tertiary/aromatic N) is 1. The molecule has 0 N–H and O–H groups in total. The topological polar surface area (TPSA) is 20.3 Å². The largest absolute Gasteiger partial charge is 0.297 e. The van der Waals surface area contributed by atoms with E-state index in [0.29, 0.717) is 17.1 Å². The second-order valence-electron chi connectivity index (χ2n) is 11.7. The van der Waals surface area contributed by atoms with E-state index >= 15 is 0 Å². The molecule has 0 aromatic carbocycles. The van der Waals surface area contributed by atoms with Gasteiger partial charge in [-0.1, -0.05) is 13.8 Å². The van der Waals surface area contributed by atoms with Crippen LogP contribution >= 0.6 is 0 Å². The fourth-order valence-electron chi connectivity index (χ4n) is 9.18. The number of likely N-dealkylation sites (tertiary alicyclic amines) is 1. The van der Waals surface area contributed by atoms with Crippen LogP contribution in [0.1, 0.15) is 78.1 Å². The zero-order valence-electron chi connectivity index (χ0n) is 16.9. The van der Waals surface area contributed by atoms with E-state index < -0.39 is 0 Å². The molecule has 1 heterocycles. The molecule has 5 unspecified atom stereocenters. The van der Waals surface area contributed by atoms with Gasteiger partial charge < -0.3 is 0 Å². The van der Waals surface area contributed by atoms with Crippen LogP contribution in [0.25, 0.3) is 0 Å². The van der Waals surface area contributed by atoms with Crippen LogP contribution in [0.15, 0.2) is 0 Å². The van der Waals surface area contributed by atoms with Gasteiger partial charge in [0, 0.05) is 5.41 Å². The normalized spacial score (nSPS) is 58.7. The Labute approximate surface area is 159 Å². The lowest BCUT2D eigenvalue weighted by Crippen LogP contribution is -2.53. The first-order chi connectivity index (χ1) is 12.5. The Morgan fingerprint density at radius 1 is 0.923 bits per heavy atom. The molecule has 9 atom stereocenters. The molecule has 5 saturated carbocycles.